The SMILES string of the molecule is CO/C(=N\c1ccc(Oc2ccc(-c3ccc(Oc4ccc(/N=C(\OC)c5n(C)cc[n+]5C)cc4)cc3)cc2)cc1)c1n(C)cc[n+]1C. The van der Waals surface area contributed by atoms with Gasteiger partial charge in [-0.2, -0.15) is 0 Å². The van der Waals surface area contributed by atoms with Gasteiger partial charge in [-0.05, 0) is 83.9 Å². The van der Waals surface area contributed by atoms with Crippen molar-refractivity contribution in [2.45, 2.75) is 0 Å². The van der Waals surface area contributed by atoms with E-state index in [4.69, 9.17) is 18.9 Å². The molecule has 0 radical (unpaired) electrons. The number of benzene rings is 4. The van der Waals surface area contributed by atoms with Crippen molar-refractivity contribution < 1.29 is 28.1 Å². The molecule has 0 aliphatic rings. The first-order valence-corrected chi connectivity index (χ1v) is 15.4. The van der Waals surface area contributed by atoms with E-state index in [1.165, 1.54) is 0 Å². The molecule has 0 amide bonds. The third-order valence-electron chi connectivity index (χ3n) is 7.78. The maximum absolute atomic E-state index is 6.09. The number of nitrogens with zero attached hydrogens (tertiary/aromatic N) is 6. The van der Waals surface area contributed by atoms with Crippen LogP contribution in [0, 0.1) is 0 Å². The Labute approximate surface area is 280 Å². The fourth-order valence-electron chi connectivity index (χ4n) is 5.27. The smallest absolute Gasteiger partial charge is 0.344 e. The lowest BCUT2D eigenvalue weighted by Gasteiger charge is -2.09. The molecule has 0 N–H and O–H groups in total. The Morgan fingerprint density at radius 3 is 1.08 bits per heavy atom. The Morgan fingerprint density at radius 1 is 0.500 bits per heavy atom. The fraction of sp³-hybridized carbons (Fsp3) is 0.158. The first-order chi connectivity index (χ1) is 23.3. The molecule has 10 nitrogen and oxygen atoms in total. The molecule has 0 aliphatic heterocycles. The summed E-state index contributed by atoms with van der Waals surface area (Å²) in [5.41, 5.74) is 3.68. The van der Waals surface area contributed by atoms with Gasteiger partial charge < -0.3 is 18.9 Å². The zero-order chi connectivity index (χ0) is 33.6. The molecule has 0 bridgehead atoms. The summed E-state index contributed by atoms with van der Waals surface area (Å²) >= 11 is 0. The first-order valence-electron chi connectivity index (χ1n) is 15.4. The van der Waals surface area contributed by atoms with Gasteiger partial charge >= 0.3 is 23.4 Å². The van der Waals surface area contributed by atoms with Gasteiger partial charge in [0.05, 0.1) is 53.8 Å². The maximum atomic E-state index is 6.09. The molecule has 0 saturated carbocycles. The minimum Gasteiger partial charge on any atom is -0.475 e. The van der Waals surface area contributed by atoms with Crippen molar-refractivity contribution in [3.63, 3.8) is 0 Å². The molecule has 0 fully saturated rings. The lowest BCUT2D eigenvalue weighted by molar-refractivity contribution is -0.672. The lowest BCUT2D eigenvalue weighted by Crippen LogP contribution is -2.35. The number of imidazole rings is 2. The summed E-state index contributed by atoms with van der Waals surface area (Å²) in [7, 11) is 11.1. The average Bonchev–Trinajstić information content (AvgIpc) is 3.63. The van der Waals surface area contributed by atoms with E-state index in [0.717, 1.165) is 57.1 Å². The van der Waals surface area contributed by atoms with Crippen molar-refractivity contribution in [1.29, 1.82) is 0 Å². The molecule has 4 aromatic carbocycles. The van der Waals surface area contributed by atoms with Crippen LogP contribution in [0.2, 0.25) is 0 Å². The van der Waals surface area contributed by atoms with Crippen molar-refractivity contribution >= 4 is 23.2 Å². The molecule has 2 aromatic heterocycles. The van der Waals surface area contributed by atoms with Crippen LogP contribution in [0.15, 0.2) is 132 Å². The molecule has 242 valence electrons. The Bertz CT molecular complexity index is 1870. The van der Waals surface area contributed by atoms with Crippen LogP contribution in [-0.4, -0.2) is 35.1 Å². The van der Waals surface area contributed by atoms with Crippen LogP contribution in [0.5, 0.6) is 23.0 Å². The Morgan fingerprint density at radius 2 is 0.812 bits per heavy atom. The topological polar surface area (TPSA) is 79.3 Å². The fourth-order valence-corrected chi connectivity index (χ4v) is 5.27. The van der Waals surface area contributed by atoms with E-state index in [2.05, 4.69) is 9.98 Å². The number of methoxy groups -OCH3 is 2. The Balaban J connectivity index is 1.06. The third-order valence-corrected chi connectivity index (χ3v) is 7.78. The van der Waals surface area contributed by atoms with Crippen molar-refractivity contribution in [2.24, 2.45) is 38.2 Å². The number of aromatic nitrogens is 4. The minimum absolute atomic E-state index is 0.531. The molecule has 0 atom stereocenters. The number of ether oxygens (including phenoxy) is 4. The van der Waals surface area contributed by atoms with Crippen LogP contribution in [0.25, 0.3) is 11.1 Å². The molecule has 0 aliphatic carbocycles. The first kappa shape index (κ1) is 31.8. The second kappa shape index (κ2) is 14.1. The predicted molar refractivity (Wildman–Crippen MR) is 184 cm³/mol. The van der Waals surface area contributed by atoms with E-state index in [1.807, 2.05) is 168 Å². The van der Waals surface area contributed by atoms with Gasteiger partial charge in [0.25, 0.3) is 0 Å². The number of hydrogen-bond donors (Lipinski definition) is 0. The summed E-state index contributed by atoms with van der Waals surface area (Å²) < 4.78 is 31.2. The average molecular weight is 643 g/mol. The van der Waals surface area contributed by atoms with E-state index in [0.29, 0.717) is 11.8 Å². The molecular formula is C38H38N6O4+2. The quantitative estimate of drug-likeness (QED) is 0.0998. The number of rotatable bonds is 9. The van der Waals surface area contributed by atoms with Gasteiger partial charge in [0.1, 0.15) is 47.8 Å². The molecule has 6 aromatic rings. The maximum Gasteiger partial charge on any atom is 0.344 e. The largest absolute Gasteiger partial charge is 0.475 e. The van der Waals surface area contributed by atoms with Crippen LogP contribution in [0.4, 0.5) is 11.4 Å². The number of hydrogen-bond acceptors (Lipinski definition) is 6. The van der Waals surface area contributed by atoms with Crippen molar-refractivity contribution in [3.05, 3.63) is 133 Å². The highest BCUT2D eigenvalue weighted by molar-refractivity contribution is 5.91. The molecule has 0 spiro atoms. The van der Waals surface area contributed by atoms with E-state index >= 15 is 0 Å². The van der Waals surface area contributed by atoms with Gasteiger partial charge in [-0.15, -0.1) is 0 Å². The summed E-state index contributed by atoms with van der Waals surface area (Å²) in [4.78, 5) is 9.34. The standard InChI is InChI=1S/C38H38N6O4/c1-41-23-24-42(2)37(41)35(45-5)39-29-11-19-33(20-12-29)47-31-15-7-27(8-16-31)28-9-17-32(18-10-28)48-34-21-13-30(14-22-34)40-36(46-6)38-43(3)25-26-44(38)4/h7-26H,1-6H3/q+2/b39-35-,40-36-. The second-order valence-corrected chi connectivity index (χ2v) is 11.2. The monoisotopic (exact) mass is 642 g/mol. The second-order valence-electron chi connectivity index (χ2n) is 11.2. The van der Waals surface area contributed by atoms with Gasteiger partial charge in [-0.1, -0.05) is 24.3 Å². The van der Waals surface area contributed by atoms with E-state index < -0.39 is 0 Å². The summed E-state index contributed by atoms with van der Waals surface area (Å²) in [6, 6.07) is 31.2. The van der Waals surface area contributed by atoms with E-state index in [1.54, 1.807) is 14.2 Å². The summed E-state index contributed by atoms with van der Waals surface area (Å²) in [6.45, 7) is 0. The van der Waals surface area contributed by atoms with Crippen molar-refractivity contribution in [2.75, 3.05) is 14.2 Å². The summed E-state index contributed by atoms with van der Waals surface area (Å²) in [5, 5.41) is 0. The van der Waals surface area contributed by atoms with E-state index in [-0.39, 0.29) is 0 Å². The van der Waals surface area contributed by atoms with E-state index in [9.17, 15) is 0 Å². The van der Waals surface area contributed by atoms with Crippen molar-refractivity contribution in [1.82, 2.24) is 9.13 Å². The minimum atomic E-state index is 0.531. The molecule has 48 heavy (non-hydrogen) atoms. The molecule has 0 unspecified atom stereocenters. The molecule has 10 heteroatoms. The van der Waals surface area contributed by atoms with Gasteiger partial charge in [-0.25, -0.2) is 28.3 Å². The van der Waals surface area contributed by atoms with Crippen LogP contribution in [-0.2, 0) is 37.7 Å². The molecule has 6 rings (SSSR count). The number of aryl methyl sites for hydroxylation is 4. The van der Waals surface area contributed by atoms with Gasteiger partial charge in [0.2, 0.25) is 0 Å². The lowest BCUT2D eigenvalue weighted by atomic mass is 10.1. The highest BCUT2D eigenvalue weighted by Gasteiger charge is 2.21. The zero-order valence-corrected chi connectivity index (χ0v) is 27.9. The normalized spacial score (nSPS) is 11.8. The Kier molecular flexibility index (Phi) is 9.33. The van der Waals surface area contributed by atoms with Crippen LogP contribution in [0.3, 0.4) is 0 Å². The van der Waals surface area contributed by atoms with Crippen LogP contribution in [0.1, 0.15) is 11.6 Å². The van der Waals surface area contributed by atoms with Gasteiger partial charge in [-0.3, -0.25) is 0 Å². The van der Waals surface area contributed by atoms with Crippen LogP contribution >= 0.6 is 0 Å². The molecular weight excluding hydrogens is 604 g/mol. The van der Waals surface area contributed by atoms with Crippen molar-refractivity contribution in [3.8, 4) is 34.1 Å². The zero-order valence-electron chi connectivity index (χ0n) is 27.9. The Hall–Kier alpha value is -6.16. The van der Waals surface area contributed by atoms with Gasteiger partial charge in [0.15, 0.2) is 0 Å². The highest BCUT2D eigenvalue weighted by atomic mass is 16.5. The third kappa shape index (κ3) is 7.13. The number of aliphatic imine (C=N–C) groups is 2. The summed E-state index contributed by atoms with van der Waals surface area (Å²) in [6.07, 6.45) is 7.83. The van der Waals surface area contributed by atoms with Crippen LogP contribution < -0.4 is 18.6 Å². The van der Waals surface area contributed by atoms with Gasteiger partial charge in [0, 0.05) is 0 Å². The summed E-state index contributed by atoms with van der Waals surface area (Å²) in [5.74, 6) is 5.72. The predicted octanol–water partition coefficient (Wildman–Crippen LogP) is 6.71. The molecule has 2 heterocycles. The molecule has 0 saturated heterocycles. The highest BCUT2D eigenvalue weighted by Crippen LogP contribution is 2.30.